The Morgan fingerprint density at radius 1 is 1.56 bits per heavy atom. The van der Waals surface area contributed by atoms with Crippen molar-refractivity contribution in [1.82, 2.24) is 10.2 Å². The molecule has 0 radical (unpaired) electrons. The van der Waals surface area contributed by atoms with Crippen molar-refractivity contribution in [3.05, 3.63) is 12.7 Å². The van der Waals surface area contributed by atoms with Gasteiger partial charge in [0.15, 0.2) is 5.41 Å². The van der Waals surface area contributed by atoms with Gasteiger partial charge in [0.2, 0.25) is 5.91 Å². The van der Waals surface area contributed by atoms with Gasteiger partial charge in [0.25, 0.3) is 0 Å². The maximum Gasteiger partial charge on any atom is 0.404 e. The van der Waals surface area contributed by atoms with Gasteiger partial charge in [-0.15, -0.1) is 6.58 Å². The molecule has 2 N–H and O–H groups in total. The number of hydrogen-bond acceptors (Lipinski definition) is 3. The number of halogens is 3. The zero-order chi connectivity index (χ0) is 13.8. The summed E-state index contributed by atoms with van der Waals surface area (Å²) in [5.74, 6) is -0.992. The summed E-state index contributed by atoms with van der Waals surface area (Å²) in [7, 11) is 0. The summed E-state index contributed by atoms with van der Waals surface area (Å²) in [6.45, 7) is 2.66. The molecule has 0 bridgehead atoms. The SMILES string of the molecule is C=CCN(CCO)C(=O)C1(C(F)(F)F)CCNC1. The van der Waals surface area contributed by atoms with E-state index in [1.54, 1.807) is 0 Å². The number of alkyl halides is 3. The number of rotatable bonds is 5. The van der Waals surface area contributed by atoms with E-state index in [4.69, 9.17) is 5.11 Å². The predicted octanol–water partition coefficient (Wildman–Crippen LogP) is 0.535. The highest BCUT2D eigenvalue weighted by Crippen LogP contribution is 2.44. The van der Waals surface area contributed by atoms with Gasteiger partial charge < -0.3 is 15.3 Å². The molecular formula is C11H17F3N2O2. The number of amides is 1. The third kappa shape index (κ3) is 2.67. The van der Waals surface area contributed by atoms with Crippen molar-refractivity contribution < 1.29 is 23.1 Å². The molecular weight excluding hydrogens is 249 g/mol. The fourth-order valence-electron chi connectivity index (χ4n) is 2.09. The number of aliphatic hydroxyl groups is 1. The average Bonchev–Trinajstić information content (AvgIpc) is 2.77. The number of aliphatic hydroxyl groups excluding tert-OH is 1. The van der Waals surface area contributed by atoms with Gasteiger partial charge in [0.1, 0.15) is 0 Å². The first kappa shape index (κ1) is 15.0. The zero-order valence-corrected chi connectivity index (χ0v) is 9.96. The monoisotopic (exact) mass is 266 g/mol. The van der Waals surface area contributed by atoms with Gasteiger partial charge in [0.05, 0.1) is 6.61 Å². The molecule has 1 saturated heterocycles. The van der Waals surface area contributed by atoms with Crippen LogP contribution in [0.5, 0.6) is 0 Å². The number of nitrogens with zero attached hydrogens (tertiary/aromatic N) is 1. The van der Waals surface area contributed by atoms with Crippen molar-refractivity contribution in [3.63, 3.8) is 0 Å². The molecule has 0 saturated carbocycles. The van der Waals surface area contributed by atoms with Crippen LogP contribution >= 0.6 is 0 Å². The smallest absolute Gasteiger partial charge is 0.395 e. The van der Waals surface area contributed by atoms with Gasteiger partial charge >= 0.3 is 6.18 Å². The molecule has 0 aromatic heterocycles. The molecule has 1 rings (SSSR count). The normalized spacial score (nSPS) is 24.0. The molecule has 1 aliphatic rings. The Bertz CT molecular complexity index is 312. The minimum absolute atomic E-state index is 0.00275. The molecule has 0 aromatic rings. The minimum atomic E-state index is -4.59. The molecule has 1 unspecified atom stereocenters. The molecule has 0 spiro atoms. The molecule has 18 heavy (non-hydrogen) atoms. The first-order chi connectivity index (χ1) is 8.39. The summed E-state index contributed by atoms with van der Waals surface area (Å²) < 4.78 is 39.4. The van der Waals surface area contributed by atoms with Crippen molar-refractivity contribution in [1.29, 1.82) is 0 Å². The molecule has 0 aromatic carbocycles. The van der Waals surface area contributed by atoms with Gasteiger partial charge in [-0.3, -0.25) is 4.79 Å². The van der Waals surface area contributed by atoms with Gasteiger partial charge in [-0.2, -0.15) is 13.2 Å². The molecule has 104 valence electrons. The third-order valence-corrected chi connectivity index (χ3v) is 3.11. The van der Waals surface area contributed by atoms with Gasteiger partial charge in [0, 0.05) is 19.6 Å². The van der Waals surface area contributed by atoms with E-state index < -0.39 is 24.0 Å². The van der Waals surface area contributed by atoms with Crippen molar-refractivity contribution in [2.75, 3.05) is 32.8 Å². The van der Waals surface area contributed by atoms with Crippen molar-refractivity contribution >= 4 is 5.91 Å². The topological polar surface area (TPSA) is 52.6 Å². The van der Waals surface area contributed by atoms with E-state index >= 15 is 0 Å². The largest absolute Gasteiger partial charge is 0.404 e. The summed E-state index contributed by atoms with van der Waals surface area (Å²) in [5, 5.41) is 11.4. The Kier molecular flexibility index (Phi) is 4.75. The minimum Gasteiger partial charge on any atom is -0.395 e. The van der Waals surface area contributed by atoms with Crippen LogP contribution in [0.2, 0.25) is 0 Å². The molecule has 1 fully saturated rings. The van der Waals surface area contributed by atoms with Crippen LogP contribution in [0.15, 0.2) is 12.7 Å². The maximum atomic E-state index is 13.1. The van der Waals surface area contributed by atoms with E-state index in [9.17, 15) is 18.0 Å². The van der Waals surface area contributed by atoms with Crippen molar-refractivity contribution in [2.24, 2.45) is 5.41 Å². The standard InChI is InChI=1S/C11H17F3N2O2/c1-2-5-16(6-7-17)9(18)10(11(12,13)14)3-4-15-8-10/h2,15,17H,1,3-8H2. The van der Waals surface area contributed by atoms with Gasteiger partial charge in [-0.05, 0) is 13.0 Å². The summed E-state index contributed by atoms with van der Waals surface area (Å²) in [5.41, 5.74) is -2.37. The molecule has 1 atom stereocenters. The van der Waals surface area contributed by atoms with Crippen molar-refractivity contribution in [2.45, 2.75) is 12.6 Å². The van der Waals surface area contributed by atoms with Crippen LogP contribution in [-0.2, 0) is 4.79 Å². The molecule has 1 aliphatic heterocycles. The summed E-state index contributed by atoms with van der Waals surface area (Å²) in [4.78, 5) is 13.1. The Labute approximate surface area is 103 Å². The van der Waals surface area contributed by atoms with Gasteiger partial charge in [-0.25, -0.2) is 0 Å². The second kappa shape index (κ2) is 5.71. The average molecular weight is 266 g/mol. The van der Waals surface area contributed by atoms with Crippen LogP contribution in [0.3, 0.4) is 0 Å². The van der Waals surface area contributed by atoms with Crippen LogP contribution < -0.4 is 5.32 Å². The highest BCUT2D eigenvalue weighted by molar-refractivity contribution is 5.84. The quantitative estimate of drug-likeness (QED) is 0.714. The predicted molar refractivity (Wildman–Crippen MR) is 59.8 cm³/mol. The lowest BCUT2D eigenvalue weighted by Crippen LogP contribution is -2.54. The van der Waals surface area contributed by atoms with E-state index in [0.29, 0.717) is 0 Å². The van der Waals surface area contributed by atoms with Crippen LogP contribution in [0.4, 0.5) is 13.2 Å². The van der Waals surface area contributed by atoms with Crippen LogP contribution in [-0.4, -0.2) is 54.9 Å². The molecule has 1 heterocycles. The molecule has 7 heteroatoms. The number of nitrogens with one attached hydrogen (secondary N) is 1. The Balaban J connectivity index is 2.98. The maximum absolute atomic E-state index is 13.1. The fourth-order valence-corrected chi connectivity index (χ4v) is 2.09. The molecule has 1 amide bonds. The Morgan fingerprint density at radius 2 is 2.22 bits per heavy atom. The van der Waals surface area contributed by atoms with Crippen LogP contribution in [0, 0.1) is 5.41 Å². The second-order valence-electron chi connectivity index (χ2n) is 4.27. The second-order valence-corrected chi connectivity index (χ2v) is 4.27. The van der Waals surface area contributed by atoms with Gasteiger partial charge in [-0.1, -0.05) is 6.08 Å². The van der Waals surface area contributed by atoms with Crippen LogP contribution in [0.1, 0.15) is 6.42 Å². The number of hydrogen-bond donors (Lipinski definition) is 2. The van der Waals surface area contributed by atoms with E-state index in [2.05, 4.69) is 11.9 Å². The molecule has 0 aliphatic carbocycles. The fraction of sp³-hybridized carbons (Fsp3) is 0.727. The summed E-state index contributed by atoms with van der Waals surface area (Å²) in [6, 6.07) is 0. The highest BCUT2D eigenvalue weighted by Gasteiger charge is 2.62. The van der Waals surface area contributed by atoms with E-state index in [0.717, 1.165) is 4.90 Å². The van der Waals surface area contributed by atoms with E-state index in [1.807, 2.05) is 0 Å². The van der Waals surface area contributed by atoms with Crippen LogP contribution in [0.25, 0.3) is 0 Å². The third-order valence-electron chi connectivity index (χ3n) is 3.11. The Morgan fingerprint density at radius 3 is 2.61 bits per heavy atom. The first-order valence-corrected chi connectivity index (χ1v) is 5.67. The summed E-state index contributed by atoms with van der Waals surface area (Å²) >= 11 is 0. The lowest BCUT2D eigenvalue weighted by Gasteiger charge is -2.34. The Hall–Kier alpha value is -1.08. The lowest BCUT2D eigenvalue weighted by atomic mass is 9.84. The van der Waals surface area contributed by atoms with E-state index in [-0.39, 0.29) is 32.7 Å². The van der Waals surface area contributed by atoms with E-state index in [1.165, 1.54) is 6.08 Å². The number of carbonyl (C=O) groups excluding carboxylic acids is 1. The summed E-state index contributed by atoms with van der Waals surface area (Å²) in [6.07, 6.45) is -3.52. The first-order valence-electron chi connectivity index (χ1n) is 5.67. The lowest BCUT2D eigenvalue weighted by molar-refractivity contribution is -0.221. The zero-order valence-electron chi connectivity index (χ0n) is 9.96. The van der Waals surface area contributed by atoms with Crippen molar-refractivity contribution in [3.8, 4) is 0 Å². The highest BCUT2D eigenvalue weighted by atomic mass is 19.4. The molecule has 4 nitrogen and oxygen atoms in total. The number of carbonyl (C=O) groups is 1.